The van der Waals surface area contributed by atoms with E-state index in [0.29, 0.717) is 0 Å². The molecule has 0 spiro atoms. The Kier molecular flexibility index (Phi) is 3.46. The second-order valence-corrected chi connectivity index (χ2v) is 4.26. The van der Waals surface area contributed by atoms with Gasteiger partial charge in [0.25, 0.3) is 0 Å². The van der Waals surface area contributed by atoms with E-state index in [2.05, 4.69) is 0 Å². The number of esters is 1. The number of methoxy groups -OCH3 is 1. The maximum absolute atomic E-state index is 11.7. The molecule has 0 saturated carbocycles. The number of allylic oxidation sites excluding steroid dienone is 1. The average Bonchev–Trinajstić information content (AvgIpc) is 2.38. The minimum Gasteiger partial charge on any atom is -0.511 e. The topological polar surface area (TPSA) is 63.6 Å². The fourth-order valence-electron chi connectivity index (χ4n) is 2.28. The predicted octanol–water partition coefficient (Wildman–Crippen LogP) is 1.97. The van der Waals surface area contributed by atoms with Crippen molar-refractivity contribution in [2.45, 2.75) is 12.3 Å². The van der Waals surface area contributed by atoms with Crippen molar-refractivity contribution in [1.82, 2.24) is 0 Å². The van der Waals surface area contributed by atoms with Crippen molar-refractivity contribution in [2.24, 2.45) is 5.92 Å². The Morgan fingerprint density at radius 1 is 1.33 bits per heavy atom. The highest BCUT2D eigenvalue weighted by Gasteiger charge is 2.38. The van der Waals surface area contributed by atoms with Crippen LogP contribution in [0.3, 0.4) is 0 Å². The fourth-order valence-corrected chi connectivity index (χ4v) is 2.28. The number of aliphatic hydroxyl groups is 1. The number of ketones is 1. The van der Waals surface area contributed by atoms with E-state index >= 15 is 0 Å². The molecule has 0 saturated heterocycles. The molecule has 0 heterocycles. The van der Waals surface area contributed by atoms with Crippen LogP contribution in [0.2, 0.25) is 0 Å². The summed E-state index contributed by atoms with van der Waals surface area (Å²) in [5, 5.41) is 9.81. The largest absolute Gasteiger partial charge is 0.511 e. The zero-order valence-corrected chi connectivity index (χ0v) is 10.00. The Bertz CT molecular complexity index is 490. The fraction of sp³-hybridized carbons (Fsp3) is 0.286. The van der Waals surface area contributed by atoms with Crippen LogP contribution in [0, 0.1) is 5.92 Å². The van der Waals surface area contributed by atoms with E-state index in [0.717, 1.165) is 11.6 Å². The van der Waals surface area contributed by atoms with Crippen LogP contribution in [0.1, 0.15) is 17.9 Å². The highest BCUT2D eigenvalue weighted by molar-refractivity contribution is 5.94. The van der Waals surface area contributed by atoms with Crippen LogP contribution in [-0.4, -0.2) is 24.0 Å². The van der Waals surface area contributed by atoms with Crippen molar-refractivity contribution in [3.8, 4) is 0 Å². The number of benzene rings is 1. The first-order valence-electron chi connectivity index (χ1n) is 5.69. The molecule has 2 atom stereocenters. The van der Waals surface area contributed by atoms with Gasteiger partial charge >= 0.3 is 5.97 Å². The number of carbonyl (C=O) groups excluding carboxylic acids is 2. The van der Waals surface area contributed by atoms with Gasteiger partial charge in [-0.2, -0.15) is 0 Å². The zero-order chi connectivity index (χ0) is 13.1. The molecular weight excluding hydrogens is 232 g/mol. The Morgan fingerprint density at radius 3 is 2.61 bits per heavy atom. The molecule has 0 aromatic heterocycles. The summed E-state index contributed by atoms with van der Waals surface area (Å²) < 4.78 is 4.70. The minimum absolute atomic E-state index is 0.179. The smallest absolute Gasteiger partial charge is 0.316 e. The van der Waals surface area contributed by atoms with Crippen LogP contribution in [0.25, 0.3) is 0 Å². The molecule has 1 aromatic carbocycles. The molecule has 0 aliphatic heterocycles. The number of ether oxygens (including phenoxy) is 1. The summed E-state index contributed by atoms with van der Waals surface area (Å²) >= 11 is 0. The number of aliphatic hydroxyl groups excluding tert-OH is 1. The standard InChI is InChI=1S/C14H14O4/c1-18-14(17)13-11(7-10(15)8-12(13)16)9-5-3-2-4-6-9/h2-6,8,11,13,16H,7H2,1H3/t11-,13-/m1/s1. The third-order valence-electron chi connectivity index (χ3n) is 3.13. The molecule has 94 valence electrons. The van der Waals surface area contributed by atoms with Crippen molar-refractivity contribution in [3.05, 3.63) is 47.7 Å². The number of hydrogen-bond acceptors (Lipinski definition) is 4. The summed E-state index contributed by atoms with van der Waals surface area (Å²) in [6.45, 7) is 0. The molecule has 0 amide bonds. The molecule has 0 radical (unpaired) electrons. The van der Waals surface area contributed by atoms with E-state index in [1.54, 1.807) is 0 Å². The minimum atomic E-state index is -0.796. The van der Waals surface area contributed by atoms with Gasteiger partial charge in [0, 0.05) is 18.4 Å². The summed E-state index contributed by atoms with van der Waals surface area (Å²) in [5.74, 6) is -2.08. The van der Waals surface area contributed by atoms with Crippen molar-refractivity contribution >= 4 is 11.8 Å². The average molecular weight is 246 g/mol. The van der Waals surface area contributed by atoms with E-state index in [1.165, 1.54) is 7.11 Å². The predicted molar refractivity (Wildman–Crippen MR) is 65.0 cm³/mol. The molecule has 18 heavy (non-hydrogen) atoms. The van der Waals surface area contributed by atoms with Crippen LogP contribution in [0.5, 0.6) is 0 Å². The summed E-state index contributed by atoms with van der Waals surface area (Å²) in [4.78, 5) is 23.3. The highest BCUT2D eigenvalue weighted by Crippen LogP contribution is 2.36. The van der Waals surface area contributed by atoms with Gasteiger partial charge in [-0.1, -0.05) is 30.3 Å². The number of rotatable bonds is 2. The molecule has 1 aliphatic rings. The first-order valence-corrected chi connectivity index (χ1v) is 5.69. The third kappa shape index (κ3) is 2.27. The molecule has 1 aliphatic carbocycles. The lowest BCUT2D eigenvalue weighted by molar-refractivity contribution is -0.146. The SMILES string of the molecule is COC(=O)[C@H]1C(O)=CC(=O)C[C@@H]1c1ccccc1. The van der Waals surface area contributed by atoms with E-state index in [4.69, 9.17) is 4.74 Å². The number of hydrogen-bond donors (Lipinski definition) is 1. The van der Waals surface area contributed by atoms with Crippen LogP contribution in [-0.2, 0) is 14.3 Å². The normalized spacial score (nSPS) is 23.4. The Balaban J connectivity index is 2.41. The summed E-state index contributed by atoms with van der Waals surface area (Å²) in [7, 11) is 1.27. The second-order valence-electron chi connectivity index (χ2n) is 4.26. The molecule has 2 rings (SSSR count). The summed E-state index contributed by atoms with van der Waals surface area (Å²) in [5.41, 5.74) is 0.848. The van der Waals surface area contributed by atoms with Crippen LogP contribution in [0.4, 0.5) is 0 Å². The quantitative estimate of drug-likeness (QED) is 0.810. The Labute approximate surface area is 105 Å². The van der Waals surface area contributed by atoms with Gasteiger partial charge in [-0.3, -0.25) is 9.59 Å². The maximum Gasteiger partial charge on any atom is 0.316 e. The van der Waals surface area contributed by atoms with Gasteiger partial charge in [-0.05, 0) is 5.56 Å². The van der Waals surface area contributed by atoms with Crippen molar-refractivity contribution in [3.63, 3.8) is 0 Å². The second kappa shape index (κ2) is 5.04. The molecule has 0 unspecified atom stereocenters. The molecule has 1 aromatic rings. The van der Waals surface area contributed by atoms with Crippen LogP contribution >= 0.6 is 0 Å². The van der Waals surface area contributed by atoms with Crippen molar-refractivity contribution < 1.29 is 19.4 Å². The van der Waals surface area contributed by atoms with Gasteiger partial charge in [-0.25, -0.2) is 0 Å². The lowest BCUT2D eigenvalue weighted by Gasteiger charge is -2.27. The Morgan fingerprint density at radius 2 is 2.00 bits per heavy atom. The lowest BCUT2D eigenvalue weighted by atomic mass is 9.77. The van der Waals surface area contributed by atoms with Gasteiger partial charge in [0.2, 0.25) is 0 Å². The van der Waals surface area contributed by atoms with Gasteiger partial charge in [0.05, 0.1) is 7.11 Å². The van der Waals surface area contributed by atoms with Crippen molar-refractivity contribution in [2.75, 3.05) is 7.11 Å². The molecular formula is C14H14O4. The van der Waals surface area contributed by atoms with Gasteiger partial charge in [-0.15, -0.1) is 0 Å². The monoisotopic (exact) mass is 246 g/mol. The van der Waals surface area contributed by atoms with Gasteiger partial charge < -0.3 is 9.84 Å². The molecule has 1 N–H and O–H groups in total. The van der Waals surface area contributed by atoms with Crippen LogP contribution in [0.15, 0.2) is 42.2 Å². The van der Waals surface area contributed by atoms with Gasteiger partial charge in [0.15, 0.2) is 5.78 Å². The first-order chi connectivity index (χ1) is 8.63. The number of carbonyl (C=O) groups is 2. The molecule has 4 heteroatoms. The third-order valence-corrected chi connectivity index (χ3v) is 3.13. The maximum atomic E-state index is 11.7. The summed E-state index contributed by atoms with van der Waals surface area (Å²) in [6, 6.07) is 9.21. The van der Waals surface area contributed by atoms with Gasteiger partial charge in [0.1, 0.15) is 11.7 Å². The summed E-state index contributed by atoms with van der Waals surface area (Å²) in [6.07, 6.45) is 1.31. The lowest BCUT2D eigenvalue weighted by Crippen LogP contribution is -2.30. The van der Waals surface area contributed by atoms with E-state index in [-0.39, 0.29) is 23.9 Å². The molecule has 4 nitrogen and oxygen atoms in total. The van der Waals surface area contributed by atoms with E-state index < -0.39 is 11.9 Å². The van der Waals surface area contributed by atoms with E-state index in [1.807, 2.05) is 30.3 Å². The first kappa shape index (κ1) is 12.4. The zero-order valence-electron chi connectivity index (χ0n) is 10.00. The van der Waals surface area contributed by atoms with Crippen LogP contribution < -0.4 is 0 Å². The van der Waals surface area contributed by atoms with E-state index in [9.17, 15) is 14.7 Å². The highest BCUT2D eigenvalue weighted by atomic mass is 16.5. The Hall–Kier alpha value is -2.10. The molecule has 0 bridgehead atoms. The van der Waals surface area contributed by atoms with Crippen molar-refractivity contribution in [1.29, 1.82) is 0 Å². The molecule has 0 fully saturated rings.